The molecule has 3 rings (SSSR count). The maximum absolute atomic E-state index is 12.2. The van der Waals surface area contributed by atoms with Gasteiger partial charge in [0.05, 0.1) is 0 Å². The van der Waals surface area contributed by atoms with Crippen LogP contribution in [0.25, 0.3) is 0 Å². The largest absolute Gasteiger partial charge is 0.354 e. The molecule has 2 aromatic rings. The minimum Gasteiger partial charge on any atom is -0.354 e. The molecule has 0 atom stereocenters. The van der Waals surface area contributed by atoms with Gasteiger partial charge in [-0.2, -0.15) is 0 Å². The molecular formula is C22H28N2O. The lowest BCUT2D eigenvalue weighted by molar-refractivity contribution is -0.121. The first-order valence-corrected chi connectivity index (χ1v) is 9.17. The van der Waals surface area contributed by atoms with Crippen molar-refractivity contribution in [2.24, 2.45) is 0 Å². The lowest BCUT2D eigenvalue weighted by atomic mass is 9.94. The summed E-state index contributed by atoms with van der Waals surface area (Å²) in [6.45, 7) is 7.13. The number of nitrogens with zero attached hydrogens (tertiary/aromatic N) is 1. The SMILES string of the molecule is CC(C)(CNC(=O)CCc1ccccc1)N1CCc2ccccc2C1. The first kappa shape index (κ1) is 17.7. The van der Waals surface area contributed by atoms with Crippen LogP contribution >= 0.6 is 0 Å². The van der Waals surface area contributed by atoms with Gasteiger partial charge in [0, 0.05) is 31.6 Å². The van der Waals surface area contributed by atoms with Gasteiger partial charge in [-0.05, 0) is 43.4 Å². The highest BCUT2D eigenvalue weighted by atomic mass is 16.1. The van der Waals surface area contributed by atoms with Gasteiger partial charge >= 0.3 is 0 Å². The summed E-state index contributed by atoms with van der Waals surface area (Å²) in [5.41, 5.74) is 4.04. The Morgan fingerprint density at radius 2 is 1.72 bits per heavy atom. The first-order chi connectivity index (χ1) is 12.0. The fourth-order valence-electron chi connectivity index (χ4n) is 3.43. The lowest BCUT2D eigenvalue weighted by Gasteiger charge is -2.41. The maximum Gasteiger partial charge on any atom is 0.220 e. The number of aryl methyl sites for hydroxylation is 1. The molecule has 1 amide bonds. The summed E-state index contributed by atoms with van der Waals surface area (Å²) >= 11 is 0. The number of fused-ring (bicyclic) bond motifs is 1. The number of rotatable bonds is 6. The fourth-order valence-corrected chi connectivity index (χ4v) is 3.43. The molecule has 0 saturated heterocycles. The van der Waals surface area contributed by atoms with E-state index >= 15 is 0 Å². The van der Waals surface area contributed by atoms with Crippen molar-refractivity contribution in [1.29, 1.82) is 0 Å². The highest BCUT2D eigenvalue weighted by molar-refractivity contribution is 5.76. The van der Waals surface area contributed by atoms with Gasteiger partial charge in [0.2, 0.25) is 5.91 Å². The van der Waals surface area contributed by atoms with E-state index in [2.05, 4.69) is 60.5 Å². The van der Waals surface area contributed by atoms with Crippen molar-refractivity contribution >= 4 is 5.91 Å². The summed E-state index contributed by atoms with van der Waals surface area (Å²) in [5, 5.41) is 3.13. The minimum absolute atomic E-state index is 0.0457. The topological polar surface area (TPSA) is 32.3 Å². The van der Waals surface area contributed by atoms with Crippen molar-refractivity contribution in [3.05, 3.63) is 71.3 Å². The van der Waals surface area contributed by atoms with Crippen LogP contribution in [0.15, 0.2) is 54.6 Å². The Hall–Kier alpha value is -2.13. The second-order valence-electron chi connectivity index (χ2n) is 7.52. The Bertz CT molecular complexity index is 709. The summed E-state index contributed by atoms with van der Waals surface area (Å²) < 4.78 is 0. The van der Waals surface area contributed by atoms with Gasteiger partial charge in [-0.15, -0.1) is 0 Å². The smallest absolute Gasteiger partial charge is 0.220 e. The molecule has 1 heterocycles. The number of hydrogen-bond donors (Lipinski definition) is 1. The van der Waals surface area contributed by atoms with Crippen LogP contribution in [0.3, 0.4) is 0 Å². The molecule has 1 N–H and O–H groups in total. The van der Waals surface area contributed by atoms with Crippen LogP contribution in [0.5, 0.6) is 0 Å². The van der Waals surface area contributed by atoms with Gasteiger partial charge in [0.15, 0.2) is 0 Å². The van der Waals surface area contributed by atoms with Crippen LogP contribution < -0.4 is 5.32 Å². The van der Waals surface area contributed by atoms with Crippen molar-refractivity contribution < 1.29 is 4.79 Å². The molecule has 0 spiro atoms. The zero-order chi connectivity index (χ0) is 17.7. The summed E-state index contributed by atoms with van der Waals surface area (Å²) in [5.74, 6) is 0.134. The summed E-state index contributed by atoms with van der Waals surface area (Å²) in [6, 6.07) is 18.9. The zero-order valence-corrected chi connectivity index (χ0v) is 15.3. The van der Waals surface area contributed by atoms with E-state index in [1.165, 1.54) is 16.7 Å². The Morgan fingerprint density at radius 1 is 1.04 bits per heavy atom. The quantitative estimate of drug-likeness (QED) is 0.874. The molecule has 0 saturated carbocycles. The van der Waals surface area contributed by atoms with E-state index in [1.807, 2.05) is 18.2 Å². The van der Waals surface area contributed by atoms with Gasteiger partial charge in [-0.3, -0.25) is 9.69 Å². The fraction of sp³-hybridized carbons (Fsp3) is 0.409. The van der Waals surface area contributed by atoms with Crippen LogP contribution in [0.4, 0.5) is 0 Å². The lowest BCUT2D eigenvalue weighted by Crippen LogP contribution is -2.53. The van der Waals surface area contributed by atoms with Gasteiger partial charge in [-0.25, -0.2) is 0 Å². The third-order valence-electron chi connectivity index (χ3n) is 5.19. The number of hydrogen-bond acceptors (Lipinski definition) is 2. The van der Waals surface area contributed by atoms with Crippen LogP contribution in [0.2, 0.25) is 0 Å². The Balaban J connectivity index is 1.49. The predicted molar refractivity (Wildman–Crippen MR) is 102 cm³/mol. The molecule has 0 fully saturated rings. The zero-order valence-electron chi connectivity index (χ0n) is 15.3. The molecule has 0 bridgehead atoms. The predicted octanol–water partition coefficient (Wildman–Crippen LogP) is 3.57. The molecule has 1 aliphatic heterocycles. The Kier molecular flexibility index (Phi) is 5.54. The van der Waals surface area contributed by atoms with Crippen molar-refractivity contribution in [3.8, 4) is 0 Å². The number of amides is 1. The van der Waals surface area contributed by atoms with E-state index in [0.717, 1.165) is 25.9 Å². The van der Waals surface area contributed by atoms with E-state index in [9.17, 15) is 4.79 Å². The molecule has 0 unspecified atom stereocenters. The van der Waals surface area contributed by atoms with Gasteiger partial charge in [0.25, 0.3) is 0 Å². The van der Waals surface area contributed by atoms with Gasteiger partial charge < -0.3 is 5.32 Å². The van der Waals surface area contributed by atoms with Crippen LogP contribution in [-0.2, 0) is 24.2 Å². The molecule has 3 nitrogen and oxygen atoms in total. The van der Waals surface area contributed by atoms with Gasteiger partial charge in [0.1, 0.15) is 0 Å². The molecule has 3 heteroatoms. The molecule has 0 aliphatic carbocycles. The second kappa shape index (κ2) is 7.83. The first-order valence-electron chi connectivity index (χ1n) is 9.17. The second-order valence-corrected chi connectivity index (χ2v) is 7.52. The molecule has 132 valence electrons. The summed E-state index contributed by atoms with van der Waals surface area (Å²) in [7, 11) is 0. The van der Waals surface area contributed by atoms with Crippen molar-refractivity contribution in [3.63, 3.8) is 0 Å². The monoisotopic (exact) mass is 336 g/mol. The van der Waals surface area contributed by atoms with Crippen LogP contribution in [0.1, 0.15) is 37.0 Å². The normalized spacial score (nSPS) is 14.8. The molecule has 2 aromatic carbocycles. The van der Waals surface area contributed by atoms with Crippen molar-refractivity contribution in [2.45, 2.75) is 45.2 Å². The van der Waals surface area contributed by atoms with E-state index in [4.69, 9.17) is 0 Å². The van der Waals surface area contributed by atoms with Crippen molar-refractivity contribution in [2.75, 3.05) is 13.1 Å². The molecule has 0 aromatic heterocycles. The highest BCUT2D eigenvalue weighted by Gasteiger charge is 2.29. The molecule has 0 radical (unpaired) electrons. The summed E-state index contributed by atoms with van der Waals surface area (Å²) in [6.07, 6.45) is 2.43. The van der Waals surface area contributed by atoms with E-state index < -0.39 is 0 Å². The van der Waals surface area contributed by atoms with Crippen molar-refractivity contribution in [1.82, 2.24) is 10.2 Å². The van der Waals surface area contributed by atoms with Crippen LogP contribution in [0, 0.1) is 0 Å². The number of benzene rings is 2. The third kappa shape index (κ3) is 4.70. The van der Waals surface area contributed by atoms with E-state index in [-0.39, 0.29) is 11.4 Å². The third-order valence-corrected chi connectivity index (χ3v) is 5.19. The van der Waals surface area contributed by atoms with E-state index in [1.54, 1.807) is 0 Å². The van der Waals surface area contributed by atoms with Gasteiger partial charge in [-0.1, -0.05) is 54.6 Å². The summed E-state index contributed by atoms with van der Waals surface area (Å²) in [4.78, 5) is 14.7. The Labute approximate surface area is 151 Å². The Morgan fingerprint density at radius 3 is 2.48 bits per heavy atom. The van der Waals surface area contributed by atoms with Crippen LogP contribution in [-0.4, -0.2) is 29.4 Å². The minimum atomic E-state index is -0.0457. The number of carbonyl (C=O) groups excluding carboxylic acids is 1. The maximum atomic E-state index is 12.2. The average molecular weight is 336 g/mol. The standard InChI is InChI=1S/C22H28N2O/c1-22(2,24-15-14-19-10-6-7-11-20(19)16-24)17-23-21(25)13-12-18-8-4-3-5-9-18/h3-11H,12-17H2,1-2H3,(H,23,25). The average Bonchev–Trinajstić information content (AvgIpc) is 2.65. The number of nitrogens with one attached hydrogen (secondary N) is 1. The van der Waals surface area contributed by atoms with E-state index in [0.29, 0.717) is 13.0 Å². The molecular weight excluding hydrogens is 308 g/mol. The number of carbonyl (C=O) groups is 1. The highest BCUT2D eigenvalue weighted by Crippen LogP contribution is 2.24. The molecule has 1 aliphatic rings. The molecule has 25 heavy (non-hydrogen) atoms.